The van der Waals surface area contributed by atoms with Crippen LogP contribution in [0.2, 0.25) is 0 Å². The fourth-order valence-electron chi connectivity index (χ4n) is 2.99. The standard InChI is InChI=1S/C23H23NO4/c25-22-20(23(26)27)12-7-13-21(22)28-15-14-24(16-18-8-3-1-4-9-18)17-19-10-5-2-6-11-19/h1-13,25H,14-17H2,(H,26,27). The van der Waals surface area contributed by atoms with Crippen LogP contribution in [-0.4, -0.2) is 34.2 Å². The van der Waals surface area contributed by atoms with Crippen molar-refractivity contribution < 1.29 is 19.7 Å². The summed E-state index contributed by atoms with van der Waals surface area (Å²) in [5.41, 5.74) is 2.24. The average Bonchev–Trinajstić information content (AvgIpc) is 2.70. The van der Waals surface area contributed by atoms with Crippen molar-refractivity contribution in [1.29, 1.82) is 0 Å². The Labute approximate surface area is 164 Å². The van der Waals surface area contributed by atoms with Crippen LogP contribution in [0.5, 0.6) is 11.5 Å². The lowest BCUT2D eigenvalue weighted by atomic mass is 10.1. The van der Waals surface area contributed by atoms with Crippen molar-refractivity contribution in [3.05, 3.63) is 95.6 Å². The second kappa shape index (κ2) is 9.58. The second-order valence-corrected chi connectivity index (χ2v) is 6.49. The summed E-state index contributed by atoms with van der Waals surface area (Å²) in [5.74, 6) is -1.34. The molecule has 0 heterocycles. The van der Waals surface area contributed by atoms with Crippen molar-refractivity contribution >= 4 is 5.97 Å². The molecule has 28 heavy (non-hydrogen) atoms. The number of hydrogen-bond acceptors (Lipinski definition) is 4. The van der Waals surface area contributed by atoms with Gasteiger partial charge in [0.15, 0.2) is 11.5 Å². The summed E-state index contributed by atoms with van der Waals surface area (Å²) in [5, 5.41) is 19.2. The molecule has 0 radical (unpaired) electrons. The molecule has 3 rings (SSSR count). The van der Waals surface area contributed by atoms with E-state index in [1.165, 1.54) is 17.2 Å². The molecule has 3 aromatic carbocycles. The number of nitrogens with zero attached hydrogens (tertiary/aromatic N) is 1. The molecule has 0 aliphatic carbocycles. The largest absolute Gasteiger partial charge is 0.504 e. The number of ether oxygens (including phenoxy) is 1. The minimum absolute atomic E-state index is 0.164. The van der Waals surface area contributed by atoms with Crippen LogP contribution in [0.4, 0.5) is 0 Å². The number of carbonyl (C=O) groups is 1. The molecule has 0 aliphatic rings. The monoisotopic (exact) mass is 377 g/mol. The predicted molar refractivity (Wildman–Crippen MR) is 108 cm³/mol. The van der Waals surface area contributed by atoms with Gasteiger partial charge in [-0.25, -0.2) is 4.79 Å². The number of carboxylic acids is 1. The lowest BCUT2D eigenvalue weighted by Gasteiger charge is -2.23. The summed E-state index contributed by atoms with van der Waals surface area (Å²) in [6, 6.07) is 24.9. The van der Waals surface area contributed by atoms with Gasteiger partial charge in [0.1, 0.15) is 12.2 Å². The fraction of sp³-hybridized carbons (Fsp3) is 0.174. The zero-order chi connectivity index (χ0) is 19.8. The molecule has 144 valence electrons. The van der Waals surface area contributed by atoms with Gasteiger partial charge in [0.05, 0.1) is 0 Å². The molecule has 5 nitrogen and oxygen atoms in total. The van der Waals surface area contributed by atoms with E-state index in [2.05, 4.69) is 29.2 Å². The van der Waals surface area contributed by atoms with E-state index in [1.54, 1.807) is 12.1 Å². The van der Waals surface area contributed by atoms with Gasteiger partial charge in [-0.1, -0.05) is 66.7 Å². The molecular formula is C23H23NO4. The molecule has 5 heteroatoms. The van der Waals surface area contributed by atoms with Crippen molar-refractivity contribution in [3.63, 3.8) is 0 Å². The highest BCUT2D eigenvalue weighted by atomic mass is 16.5. The molecule has 0 fully saturated rings. The highest BCUT2D eigenvalue weighted by Crippen LogP contribution is 2.29. The van der Waals surface area contributed by atoms with E-state index in [4.69, 9.17) is 9.84 Å². The molecule has 0 atom stereocenters. The molecule has 0 spiro atoms. The number of carboxylic acid groups (broad SMARTS) is 1. The molecule has 0 saturated heterocycles. The van der Waals surface area contributed by atoms with E-state index in [0.717, 1.165) is 13.1 Å². The van der Waals surface area contributed by atoms with Crippen molar-refractivity contribution in [2.75, 3.05) is 13.2 Å². The topological polar surface area (TPSA) is 70.0 Å². The van der Waals surface area contributed by atoms with E-state index in [1.807, 2.05) is 36.4 Å². The third kappa shape index (κ3) is 5.34. The number of para-hydroxylation sites is 1. The number of benzene rings is 3. The van der Waals surface area contributed by atoms with Crippen LogP contribution in [0.25, 0.3) is 0 Å². The first kappa shape index (κ1) is 19.5. The summed E-state index contributed by atoms with van der Waals surface area (Å²) < 4.78 is 5.68. The highest BCUT2D eigenvalue weighted by molar-refractivity contribution is 5.91. The molecule has 0 aromatic heterocycles. The van der Waals surface area contributed by atoms with E-state index >= 15 is 0 Å². The summed E-state index contributed by atoms with van der Waals surface area (Å²) in [6.45, 7) is 2.48. The maximum absolute atomic E-state index is 11.1. The van der Waals surface area contributed by atoms with Gasteiger partial charge in [0.25, 0.3) is 0 Å². The number of aromatic hydroxyl groups is 1. The van der Waals surface area contributed by atoms with Crippen molar-refractivity contribution in [3.8, 4) is 11.5 Å². The SMILES string of the molecule is O=C(O)c1cccc(OCCN(Cc2ccccc2)Cc2ccccc2)c1O. The fourth-order valence-corrected chi connectivity index (χ4v) is 2.99. The average molecular weight is 377 g/mol. The van der Waals surface area contributed by atoms with Gasteiger partial charge < -0.3 is 14.9 Å². The van der Waals surface area contributed by atoms with Gasteiger partial charge in [-0.3, -0.25) is 4.90 Å². The predicted octanol–water partition coefficient (Wildman–Crippen LogP) is 4.17. The third-order valence-corrected chi connectivity index (χ3v) is 4.39. The van der Waals surface area contributed by atoms with E-state index in [9.17, 15) is 9.90 Å². The Morgan fingerprint density at radius 2 is 1.39 bits per heavy atom. The van der Waals surface area contributed by atoms with E-state index in [0.29, 0.717) is 13.2 Å². The number of rotatable bonds is 9. The molecule has 3 aromatic rings. The lowest BCUT2D eigenvalue weighted by Crippen LogP contribution is -2.27. The maximum atomic E-state index is 11.1. The molecule has 0 amide bonds. The third-order valence-electron chi connectivity index (χ3n) is 4.39. The van der Waals surface area contributed by atoms with Crippen LogP contribution in [0.3, 0.4) is 0 Å². The van der Waals surface area contributed by atoms with Gasteiger partial charge in [0.2, 0.25) is 0 Å². The molecule has 0 saturated carbocycles. The van der Waals surface area contributed by atoms with Gasteiger partial charge in [-0.2, -0.15) is 0 Å². The minimum Gasteiger partial charge on any atom is -0.504 e. The number of hydrogen-bond donors (Lipinski definition) is 2. The van der Waals surface area contributed by atoms with Gasteiger partial charge in [-0.05, 0) is 23.3 Å². The highest BCUT2D eigenvalue weighted by Gasteiger charge is 2.14. The summed E-state index contributed by atoms with van der Waals surface area (Å²) in [6.07, 6.45) is 0. The first-order chi connectivity index (χ1) is 13.6. The van der Waals surface area contributed by atoms with Crippen molar-refractivity contribution in [1.82, 2.24) is 4.90 Å². The van der Waals surface area contributed by atoms with Gasteiger partial charge in [-0.15, -0.1) is 0 Å². The quantitative estimate of drug-likeness (QED) is 0.586. The van der Waals surface area contributed by atoms with Crippen molar-refractivity contribution in [2.24, 2.45) is 0 Å². The van der Waals surface area contributed by atoms with Crippen LogP contribution in [0, 0.1) is 0 Å². The Hall–Kier alpha value is -3.31. The Bertz CT molecular complexity index is 855. The van der Waals surface area contributed by atoms with Gasteiger partial charge in [0, 0.05) is 19.6 Å². The van der Waals surface area contributed by atoms with Gasteiger partial charge >= 0.3 is 5.97 Å². The first-order valence-electron chi connectivity index (χ1n) is 9.12. The zero-order valence-electron chi connectivity index (χ0n) is 15.5. The number of phenols is 1. The molecular weight excluding hydrogens is 354 g/mol. The lowest BCUT2D eigenvalue weighted by molar-refractivity contribution is 0.0692. The number of aromatic carboxylic acids is 1. The molecule has 2 N–H and O–H groups in total. The van der Waals surface area contributed by atoms with E-state index in [-0.39, 0.29) is 17.1 Å². The van der Waals surface area contributed by atoms with Crippen LogP contribution in [-0.2, 0) is 13.1 Å². The second-order valence-electron chi connectivity index (χ2n) is 6.49. The maximum Gasteiger partial charge on any atom is 0.339 e. The van der Waals surface area contributed by atoms with Crippen LogP contribution >= 0.6 is 0 Å². The Morgan fingerprint density at radius 1 is 0.821 bits per heavy atom. The Kier molecular flexibility index (Phi) is 6.65. The summed E-state index contributed by atoms with van der Waals surface area (Å²) >= 11 is 0. The molecule has 0 bridgehead atoms. The smallest absolute Gasteiger partial charge is 0.339 e. The van der Waals surface area contributed by atoms with Crippen LogP contribution in [0.15, 0.2) is 78.9 Å². The first-order valence-corrected chi connectivity index (χ1v) is 9.12. The van der Waals surface area contributed by atoms with Crippen LogP contribution < -0.4 is 4.74 Å². The summed E-state index contributed by atoms with van der Waals surface area (Å²) in [4.78, 5) is 13.4. The molecule has 0 unspecified atom stereocenters. The van der Waals surface area contributed by atoms with E-state index < -0.39 is 5.97 Å². The Balaban J connectivity index is 1.66. The van der Waals surface area contributed by atoms with Crippen molar-refractivity contribution in [2.45, 2.75) is 13.1 Å². The Morgan fingerprint density at radius 3 is 1.93 bits per heavy atom. The molecule has 0 aliphatic heterocycles. The zero-order valence-corrected chi connectivity index (χ0v) is 15.5. The minimum atomic E-state index is -1.18. The summed E-state index contributed by atoms with van der Waals surface area (Å²) in [7, 11) is 0. The normalized spacial score (nSPS) is 10.8. The van der Waals surface area contributed by atoms with Crippen LogP contribution in [0.1, 0.15) is 21.5 Å².